The quantitative estimate of drug-likeness (QED) is 0.463. The number of amides is 1. The van der Waals surface area contributed by atoms with E-state index in [0.29, 0.717) is 16.1 Å². The Morgan fingerprint density at radius 2 is 1.81 bits per heavy atom. The lowest BCUT2D eigenvalue weighted by Gasteiger charge is -2.41. The second-order valence-corrected chi connectivity index (χ2v) is 10.6. The molecule has 1 aromatic heterocycles. The van der Waals surface area contributed by atoms with Crippen LogP contribution >= 0.6 is 27.5 Å². The summed E-state index contributed by atoms with van der Waals surface area (Å²) in [5, 5.41) is 25.7. The highest BCUT2D eigenvalue weighted by Gasteiger charge is 2.84. The summed E-state index contributed by atoms with van der Waals surface area (Å²) in [5.41, 5.74) is -4.82. The van der Waals surface area contributed by atoms with E-state index in [0.717, 1.165) is 4.47 Å². The maximum atomic E-state index is 13.9. The molecule has 184 valence electrons. The van der Waals surface area contributed by atoms with Crippen LogP contribution in [0.4, 0.5) is 0 Å². The normalized spacial score (nSPS) is 30.0. The van der Waals surface area contributed by atoms with Gasteiger partial charge in [0.1, 0.15) is 11.4 Å². The van der Waals surface area contributed by atoms with E-state index in [-0.39, 0.29) is 11.4 Å². The molecule has 5 rings (SSSR count). The molecule has 5 atom stereocenters. The minimum absolute atomic E-state index is 0.0788. The fourth-order valence-electron chi connectivity index (χ4n) is 5.84. The first-order valence-corrected chi connectivity index (χ1v) is 12.5. The van der Waals surface area contributed by atoms with Gasteiger partial charge in [-0.1, -0.05) is 75.9 Å². The molecule has 6 nitrogen and oxygen atoms in total. The summed E-state index contributed by atoms with van der Waals surface area (Å²) in [7, 11) is 3.23. The van der Waals surface area contributed by atoms with E-state index >= 15 is 0 Å². The summed E-state index contributed by atoms with van der Waals surface area (Å²) < 4.78 is 7.51. The van der Waals surface area contributed by atoms with Gasteiger partial charge in [0.05, 0.1) is 10.9 Å². The third kappa shape index (κ3) is 3.12. The van der Waals surface area contributed by atoms with Crippen LogP contribution in [0.3, 0.4) is 0 Å². The van der Waals surface area contributed by atoms with Crippen LogP contribution in [0.1, 0.15) is 29.7 Å². The molecule has 2 aromatic carbocycles. The van der Waals surface area contributed by atoms with E-state index in [1.165, 1.54) is 11.1 Å². The minimum Gasteiger partial charge on any atom is -0.476 e. The van der Waals surface area contributed by atoms with Crippen LogP contribution < -0.4 is 4.74 Å². The van der Waals surface area contributed by atoms with Gasteiger partial charge in [-0.2, -0.15) is 0 Å². The second-order valence-electron chi connectivity index (χ2n) is 9.30. The average molecular weight is 568 g/mol. The largest absolute Gasteiger partial charge is 0.476 e. The monoisotopic (exact) mass is 566 g/mol. The molecule has 0 spiro atoms. The van der Waals surface area contributed by atoms with E-state index < -0.39 is 34.5 Å². The van der Waals surface area contributed by atoms with Crippen molar-refractivity contribution in [3.05, 3.63) is 93.2 Å². The Hall–Kier alpha value is -2.89. The maximum absolute atomic E-state index is 13.9. The number of carbonyl (C=O) groups is 1. The minimum atomic E-state index is -2.26. The lowest BCUT2D eigenvalue weighted by Crippen LogP contribution is -2.59. The Bertz CT molecular complexity index is 1400. The van der Waals surface area contributed by atoms with Gasteiger partial charge < -0.3 is 19.8 Å². The van der Waals surface area contributed by atoms with Crippen LogP contribution in [-0.4, -0.2) is 45.7 Å². The SMILES string of the molecule is CC#CC1(O)C(C(=O)N(C)C)[C@@H](c2ccccc2)[C@]2(c3ccc(Br)cc3)Oc3cc(Cl)cnc3[C@]12O. The second kappa shape index (κ2) is 8.60. The lowest BCUT2D eigenvalue weighted by atomic mass is 9.70. The fourth-order valence-corrected chi connectivity index (χ4v) is 6.25. The fraction of sp³-hybridized carbons (Fsp3) is 0.286. The highest BCUT2D eigenvalue weighted by molar-refractivity contribution is 9.10. The Morgan fingerprint density at radius 3 is 2.42 bits per heavy atom. The summed E-state index contributed by atoms with van der Waals surface area (Å²) in [6.45, 7) is 1.56. The molecule has 1 aliphatic heterocycles. The Balaban J connectivity index is 1.97. The van der Waals surface area contributed by atoms with Crippen molar-refractivity contribution in [2.75, 3.05) is 14.1 Å². The number of hydrogen-bond donors (Lipinski definition) is 2. The van der Waals surface area contributed by atoms with Gasteiger partial charge in [-0.25, -0.2) is 0 Å². The molecule has 0 bridgehead atoms. The average Bonchev–Trinajstić information content (AvgIpc) is 3.21. The van der Waals surface area contributed by atoms with Gasteiger partial charge in [-0.3, -0.25) is 9.78 Å². The molecule has 3 aromatic rings. The summed E-state index contributed by atoms with van der Waals surface area (Å²) in [5.74, 6) is 3.37. The number of rotatable bonds is 3. The van der Waals surface area contributed by atoms with Gasteiger partial charge >= 0.3 is 0 Å². The molecule has 1 fully saturated rings. The van der Waals surface area contributed by atoms with Gasteiger partial charge in [0, 0.05) is 36.7 Å². The number of fused-ring (bicyclic) bond motifs is 3. The summed E-state index contributed by atoms with van der Waals surface area (Å²) >= 11 is 9.73. The molecular formula is C28H24BrClN2O4. The van der Waals surface area contributed by atoms with Gasteiger partial charge in [-0.15, -0.1) is 5.92 Å². The van der Waals surface area contributed by atoms with Gasteiger partial charge in [0.15, 0.2) is 16.8 Å². The predicted octanol–water partition coefficient (Wildman–Crippen LogP) is 4.23. The third-order valence-electron chi connectivity index (χ3n) is 7.20. The van der Waals surface area contributed by atoms with Gasteiger partial charge in [-0.05, 0) is 30.2 Å². The molecule has 0 saturated heterocycles. The first kappa shape index (κ1) is 24.8. The van der Waals surface area contributed by atoms with Crippen molar-refractivity contribution < 1.29 is 19.7 Å². The lowest BCUT2D eigenvalue weighted by molar-refractivity contribution is -0.183. The maximum Gasteiger partial charge on any atom is 0.230 e. The number of benzene rings is 2. The number of hydrogen-bond acceptors (Lipinski definition) is 5. The van der Waals surface area contributed by atoms with E-state index in [9.17, 15) is 15.0 Å². The molecule has 0 radical (unpaired) electrons. The highest BCUT2D eigenvalue weighted by Crippen LogP contribution is 2.71. The van der Waals surface area contributed by atoms with Crippen LogP contribution in [-0.2, 0) is 16.0 Å². The molecular weight excluding hydrogens is 544 g/mol. The van der Waals surface area contributed by atoms with Crippen LogP contribution in [0.25, 0.3) is 0 Å². The number of nitrogens with zero attached hydrogens (tertiary/aromatic N) is 2. The molecule has 1 aliphatic carbocycles. The standard InChI is InChI=1S/C28H24BrClN2O4/c1-4-14-26(34)23(25(33)32(2)3)22(17-8-6-5-7-9-17)27(18-10-12-19(29)13-11-18)28(26,35)24-21(36-27)15-20(30)16-31-24/h5-13,15-16,22-23,34-35H,1-3H3/t22-,23?,26?,27+,28+/m1/s1. The first-order chi connectivity index (χ1) is 17.1. The van der Waals surface area contributed by atoms with E-state index in [1.54, 1.807) is 39.2 Å². The first-order valence-electron chi connectivity index (χ1n) is 11.4. The van der Waals surface area contributed by atoms with Gasteiger partial charge in [0.2, 0.25) is 5.91 Å². The molecule has 2 N–H and O–H groups in total. The summed E-state index contributed by atoms with van der Waals surface area (Å²) in [4.78, 5) is 19.7. The number of pyridine rings is 1. The van der Waals surface area contributed by atoms with E-state index in [4.69, 9.17) is 16.3 Å². The molecule has 2 unspecified atom stereocenters. The van der Waals surface area contributed by atoms with Crippen molar-refractivity contribution in [3.8, 4) is 17.6 Å². The number of carbonyl (C=O) groups excluding carboxylic acids is 1. The van der Waals surface area contributed by atoms with Crippen molar-refractivity contribution in [1.29, 1.82) is 0 Å². The molecule has 1 saturated carbocycles. The number of aromatic nitrogens is 1. The molecule has 2 aliphatic rings. The number of ether oxygens (including phenoxy) is 1. The van der Waals surface area contributed by atoms with Crippen molar-refractivity contribution in [1.82, 2.24) is 9.88 Å². The number of halogens is 2. The van der Waals surface area contributed by atoms with Gasteiger partial charge in [0.25, 0.3) is 0 Å². The van der Waals surface area contributed by atoms with Crippen molar-refractivity contribution in [3.63, 3.8) is 0 Å². The topological polar surface area (TPSA) is 82.9 Å². The Morgan fingerprint density at radius 1 is 1.14 bits per heavy atom. The molecule has 1 amide bonds. The molecule has 36 heavy (non-hydrogen) atoms. The highest BCUT2D eigenvalue weighted by atomic mass is 79.9. The predicted molar refractivity (Wildman–Crippen MR) is 139 cm³/mol. The van der Waals surface area contributed by atoms with Crippen molar-refractivity contribution in [2.45, 2.75) is 29.6 Å². The zero-order valence-corrected chi connectivity index (χ0v) is 22.2. The zero-order valence-electron chi connectivity index (χ0n) is 19.9. The van der Waals surface area contributed by atoms with Crippen molar-refractivity contribution in [2.24, 2.45) is 5.92 Å². The molecule has 2 heterocycles. The van der Waals surface area contributed by atoms with E-state index in [1.807, 2.05) is 42.5 Å². The van der Waals surface area contributed by atoms with Crippen LogP contribution in [0.5, 0.6) is 5.75 Å². The van der Waals surface area contributed by atoms with E-state index in [2.05, 4.69) is 32.8 Å². The third-order valence-corrected chi connectivity index (χ3v) is 7.93. The zero-order chi connectivity index (χ0) is 25.9. The summed E-state index contributed by atoms with van der Waals surface area (Å²) in [6, 6.07) is 18.1. The Kier molecular flexibility index (Phi) is 5.92. The van der Waals surface area contributed by atoms with Crippen LogP contribution in [0, 0.1) is 17.8 Å². The molecule has 8 heteroatoms. The van der Waals surface area contributed by atoms with Crippen LogP contribution in [0.2, 0.25) is 5.02 Å². The summed E-state index contributed by atoms with van der Waals surface area (Å²) in [6.07, 6.45) is 1.39. The van der Waals surface area contributed by atoms with Crippen LogP contribution in [0.15, 0.2) is 71.3 Å². The van der Waals surface area contributed by atoms with Crippen molar-refractivity contribution >= 4 is 33.4 Å². The smallest absolute Gasteiger partial charge is 0.230 e. The number of aliphatic hydroxyl groups is 2. The Labute approximate surface area is 223 Å².